The Hall–Kier alpha value is 0.160. The fraction of sp³-hybridized carbons (Fsp3) is 1.00. The van der Waals surface area contributed by atoms with Crippen LogP contribution in [0.25, 0.3) is 0 Å². The van der Waals surface area contributed by atoms with Gasteiger partial charge in [-0.05, 0) is 25.8 Å². The molecule has 0 aromatic heterocycles. The van der Waals surface area contributed by atoms with Gasteiger partial charge in [0, 0.05) is 6.61 Å². The smallest absolute Gasteiger partial charge is 0.150 e. The van der Waals surface area contributed by atoms with Gasteiger partial charge >= 0.3 is 0 Å². The third-order valence-corrected chi connectivity index (χ3v) is 3.59. The Morgan fingerprint density at radius 3 is 2.07 bits per heavy atom. The van der Waals surface area contributed by atoms with Crippen molar-refractivity contribution in [3.8, 4) is 0 Å². The fourth-order valence-corrected chi connectivity index (χ4v) is 2.45. The average molecular weight is 246 g/mol. The predicted molar refractivity (Wildman–Crippen MR) is 60.5 cm³/mol. The summed E-state index contributed by atoms with van der Waals surface area (Å²) in [4.78, 5) is 0. The number of hydrogen-bond acceptors (Lipinski definition) is 4. The molecule has 0 aliphatic heterocycles. The standard InChI is InChI=1S/C8H19NO3S.ClH/c9-5-2-1-3-7-13(11,12)8-4-6-10;/h10H,1-9H2;1H. The maximum Gasteiger partial charge on any atom is 0.150 e. The van der Waals surface area contributed by atoms with Crippen molar-refractivity contribution in [2.24, 2.45) is 5.73 Å². The van der Waals surface area contributed by atoms with Gasteiger partial charge in [0.1, 0.15) is 9.84 Å². The first kappa shape index (κ1) is 16.6. The molecule has 0 atom stereocenters. The molecule has 14 heavy (non-hydrogen) atoms. The molecule has 0 radical (unpaired) electrons. The molecule has 0 aliphatic rings. The first-order valence-electron chi connectivity index (χ1n) is 4.64. The van der Waals surface area contributed by atoms with E-state index >= 15 is 0 Å². The van der Waals surface area contributed by atoms with Crippen molar-refractivity contribution in [3.63, 3.8) is 0 Å². The average Bonchev–Trinajstić information content (AvgIpc) is 2.09. The van der Waals surface area contributed by atoms with Crippen molar-refractivity contribution in [2.45, 2.75) is 25.7 Å². The molecule has 0 unspecified atom stereocenters. The van der Waals surface area contributed by atoms with Crippen LogP contribution in [0.3, 0.4) is 0 Å². The molecule has 4 nitrogen and oxygen atoms in total. The summed E-state index contributed by atoms with van der Waals surface area (Å²) in [6.07, 6.45) is 2.79. The zero-order valence-electron chi connectivity index (χ0n) is 8.31. The second-order valence-electron chi connectivity index (χ2n) is 3.08. The molecule has 0 spiro atoms. The number of rotatable bonds is 8. The van der Waals surface area contributed by atoms with Crippen LogP contribution in [0.15, 0.2) is 0 Å². The van der Waals surface area contributed by atoms with Crippen molar-refractivity contribution >= 4 is 22.2 Å². The molecule has 0 saturated carbocycles. The molecule has 0 bridgehead atoms. The Kier molecular flexibility index (Phi) is 11.5. The zero-order chi connectivity index (χ0) is 10.2. The number of sulfone groups is 1. The van der Waals surface area contributed by atoms with Gasteiger partial charge < -0.3 is 10.8 Å². The molecule has 0 saturated heterocycles. The van der Waals surface area contributed by atoms with Crippen LogP contribution >= 0.6 is 12.4 Å². The summed E-state index contributed by atoms with van der Waals surface area (Å²) in [5, 5.41) is 8.46. The van der Waals surface area contributed by atoms with Crippen molar-refractivity contribution in [1.82, 2.24) is 0 Å². The van der Waals surface area contributed by atoms with E-state index in [2.05, 4.69) is 0 Å². The second kappa shape index (κ2) is 9.71. The molecule has 0 fully saturated rings. The maximum absolute atomic E-state index is 11.2. The van der Waals surface area contributed by atoms with Crippen molar-refractivity contribution in [2.75, 3.05) is 24.7 Å². The topological polar surface area (TPSA) is 80.4 Å². The fourth-order valence-electron chi connectivity index (χ4n) is 1.03. The normalized spacial score (nSPS) is 11.0. The second-order valence-corrected chi connectivity index (χ2v) is 5.38. The van der Waals surface area contributed by atoms with Crippen LogP contribution in [0.2, 0.25) is 0 Å². The van der Waals surface area contributed by atoms with E-state index in [4.69, 9.17) is 10.8 Å². The Bertz CT molecular complexity index is 207. The summed E-state index contributed by atoms with van der Waals surface area (Å²) >= 11 is 0. The SMILES string of the molecule is Cl.NCCCCCS(=O)(=O)CCCO. The van der Waals surface area contributed by atoms with E-state index in [9.17, 15) is 8.42 Å². The quantitative estimate of drug-likeness (QED) is 0.604. The van der Waals surface area contributed by atoms with Gasteiger partial charge in [-0.3, -0.25) is 0 Å². The molecular formula is C8H20ClNO3S. The Morgan fingerprint density at radius 2 is 1.57 bits per heavy atom. The first-order chi connectivity index (χ1) is 6.12. The Labute approximate surface area is 92.2 Å². The van der Waals surface area contributed by atoms with Gasteiger partial charge in [-0.2, -0.15) is 0 Å². The Balaban J connectivity index is 0. The van der Waals surface area contributed by atoms with Crippen LogP contribution in [0.4, 0.5) is 0 Å². The van der Waals surface area contributed by atoms with Crippen molar-refractivity contribution in [1.29, 1.82) is 0 Å². The van der Waals surface area contributed by atoms with Crippen LogP contribution in [0.1, 0.15) is 25.7 Å². The van der Waals surface area contributed by atoms with Crippen LogP contribution in [0.5, 0.6) is 0 Å². The van der Waals surface area contributed by atoms with Crippen LogP contribution in [-0.4, -0.2) is 38.2 Å². The highest BCUT2D eigenvalue weighted by molar-refractivity contribution is 7.91. The number of halogens is 1. The highest BCUT2D eigenvalue weighted by Gasteiger charge is 2.08. The van der Waals surface area contributed by atoms with Crippen molar-refractivity contribution in [3.05, 3.63) is 0 Å². The molecular weight excluding hydrogens is 226 g/mol. The van der Waals surface area contributed by atoms with E-state index in [1.165, 1.54) is 0 Å². The molecule has 0 aromatic rings. The molecule has 6 heteroatoms. The summed E-state index contributed by atoms with van der Waals surface area (Å²) in [7, 11) is -2.93. The largest absolute Gasteiger partial charge is 0.396 e. The Morgan fingerprint density at radius 1 is 1.00 bits per heavy atom. The molecule has 0 rings (SSSR count). The lowest BCUT2D eigenvalue weighted by Gasteiger charge is -2.02. The monoisotopic (exact) mass is 245 g/mol. The van der Waals surface area contributed by atoms with E-state index in [0.717, 1.165) is 12.8 Å². The van der Waals surface area contributed by atoms with E-state index in [0.29, 0.717) is 19.4 Å². The van der Waals surface area contributed by atoms with E-state index in [1.807, 2.05) is 0 Å². The van der Waals surface area contributed by atoms with Gasteiger partial charge in [0.2, 0.25) is 0 Å². The summed E-state index contributed by atoms with van der Waals surface area (Å²) in [5.41, 5.74) is 5.28. The summed E-state index contributed by atoms with van der Waals surface area (Å²) in [6.45, 7) is 0.568. The van der Waals surface area contributed by atoms with Crippen molar-refractivity contribution < 1.29 is 13.5 Å². The summed E-state index contributed by atoms with van der Waals surface area (Å²) in [5.74, 6) is 0.332. The van der Waals surface area contributed by atoms with E-state index in [1.54, 1.807) is 0 Å². The third kappa shape index (κ3) is 10.2. The molecule has 0 aromatic carbocycles. The minimum atomic E-state index is -2.93. The van der Waals surface area contributed by atoms with Gasteiger partial charge in [-0.1, -0.05) is 6.42 Å². The highest BCUT2D eigenvalue weighted by Crippen LogP contribution is 2.01. The molecule has 0 amide bonds. The summed E-state index contributed by atoms with van der Waals surface area (Å²) in [6, 6.07) is 0. The number of hydrogen-bond donors (Lipinski definition) is 2. The van der Waals surface area contributed by atoms with Crippen LogP contribution < -0.4 is 5.73 Å². The lowest BCUT2D eigenvalue weighted by molar-refractivity contribution is 0.295. The highest BCUT2D eigenvalue weighted by atomic mass is 35.5. The lowest BCUT2D eigenvalue weighted by atomic mass is 10.2. The number of unbranched alkanes of at least 4 members (excludes halogenated alkanes) is 2. The molecule has 3 N–H and O–H groups in total. The lowest BCUT2D eigenvalue weighted by Crippen LogP contribution is -2.12. The third-order valence-electron chi connectivity index (χ3n) is 1.77. The van der Waals surface area contributed by atoms with Gasteiger partial charge in [0.25, 0.3) is 0 Å². The van der Waals surface area contributed by atoms with Gasteiger partial charge in [-0.25, -0.2) is 8.42 Å². The number of nitrogens with two attached hydrogens (primary N) is 1. The van der Waals surface area contributed by atoms with E-state index in [-0.39, 0.29) is 30.5 Å². The van der Waals surface area contributed by atoms with Crippen LogP contribution in [0, 0.1) is 0 Å². The van der Waals surface area contributed by atoms with Gasteiger partial charge in [0.15, 0.2) is 0 Å². The maximum atomic E-state index is 11.2. The van der Waals surface area contributed by atoms with Crippen LogP contribution in [-0.2, 0) is 9.84 Å². The number of aliphatic hydroxyl groups is 1. The zero-order valence-corrected chi connectivity index (χ0v) is 9.95. The predicted octanol–water partition coefficient (Wildman–Crippen LogP) is 0.334. The summed E-state index contributed by atoms with van der Waals surface area (Å²) < 4.78 is 22.4. The minimum Gasteiger partial charge on any atom is -0.396 e. The molecule has 0 heterocycles. The molecule has 0 aliphatic carbocycles. The molecule has 88 valence electrons. The van der Waals surface area contributed by atoms with Gasteiger partial charge in [0.05, 0.1) is 11.5 Å². The minimum absolute atomic E-state index is 0. The number of aliphatic hydroxyl groups excluding tert-OH is 1. The van der Waals surface area contributed by atoms with E-state index < -0.39 is 9.84 Å². The first-order valence-corrected chi connectivity index (χ1v) is 6.46. The van der Waals surface area contributed by atoms with Gasteiger partial charge in [-0.15, -0.1) is 12.4 Å².